The average Bonchev–Trinajstić information content (AvgIpc) is 2.54. The number of hydrogen-bond acceptors (Lipinski definition) is 3. The molecule has 0 saturated heterocycles. The molecule has 4 nitrogen and oxygen atoms in total. The number of amides is 1. The predicted molar refractivity (Wildman–Crippen MR) is 100 cm³/mol. The van der Waals surface area contributed by atoms with Gasteiger partial charge in [-0.15, -0.1) is 0 Å². The predicted octanol–water partition coefficient (Wildman–Crippen LogP) is 4.45. The highest BCUT2D eigenvalue weighted by Crippen LogP contribution is 2.30. The van der Waals surface area contributed by atoms with Crippen LogP contribution in [0.1, 0.15) is 23.6 Å². The summed E-state index contributed by atoms with van der Waals surface area (Å²) in [6.45, 7) is 1.43. The number of aryl methyl sites for hydroxylation is 1. The van der Waals surface area contributed by atoms with E-state index in [0.29, 0.717) is 28.6 Å². The van der Waals surface area contributed by atoms with Crippen LogP contribution >= 0.6 is 23.2 Å². The van der Waals surface area contributed by atoms with Crippen LogP contribution in [-0.4, -0.2) is 19.0 Å². The lowest BCUT2D eigenvalue weighted by Crippen LogP contribution is -2.10. The van der Waals surface area contributed by atoms with Gasteiger partial charge in [-0.05, 0) is 41.7 Å². The first-order valence-electron chi connectivity index (χ1n) is 7.79. The molecule has 2 aromatic rings. The van der Waals surface area contributed by atoms with Gasteiger partial charge in [0.05, 0.1) is 13.5 Å². The minimum Gasteiger partial charge on any atom is -0.469 e. The van der Waals surface area contributed by atoms with Gasteiger partial charge in [-0.25, -0.2) is 0 Å². The van der Waals surface area contributed by atoms with Crippen LogP contribution < -0.4 is 5.32 Å². The molecule has 0 heterocycles. The molecule has 0 bridgehead atoms. The Balaban J connectivity index is 2.24. The zero-order chi connectivity index (χ0) is 18.4. The van der Waals surface area contributed by atoms with Crippen molar-refractivity contribution in [1.29, 1.82) is 0 Å². The van der Waals surface area contributed by atoms with Crippen molar-refractivity contribution in [3.63, 3.8) is 0 Å². The maximum atomic E-state index is 11.6. The zero-order valence-electron chi connectivity index (χ0n) is 14.1. The van der Waals surface area contributed by atoms with Crippen LogP contribution in [0.3, 0.4) is 0 Å². The highest BCUT2D eigenvalue weighted by Gasteiger charge is 2.13. The maximum absolute atomic E-state index is 11.6. The summed E-state index contributed by atoms with van der Waals surface area (Å²) < 4.78 is 4.74. The first-order chi connectivity index (χ1) is 11.9. The molecule has 0 fully saturated rings. The van der Waals surface area contributed by atoms with Crippen molar-refractivity contribution in [3.05, 3.63) is 63.1 Å². The van der Waals surface area contributed by atoms with E-state index in [1.54, 1.807) is 12.1 Å². The third-order valence-electron chi connectivity index (χ3n) is 3.80. The number of esters is 1. The van der Waals surface area contributed by atoms with Gasteiger partial charge in [-0.1, -0.05) is 47.5 Å². The number of carbonyl (C=O) groups excluding carboxylic acids is 2. The third-order valence-corrected chi connectivity index (χ3v) is 4.35. The monoisotopic (exact) mass is 379 g/mol. The number of methoxy groups -OCH3 is 1. The van der Waals surface area contributed by atoms with Crippen molar-refractivity contribution in [3.8, 4) is 0 Å². The standard InChI is InChI=1S/C19H19Cl2NO3/c1-12(23)22-18-11-15(20)10-17(21)16(18)8-7-13-5-3-4-6-14(13)9-19(24)25-2/h3-6,10-11H,7-9H2,1-2H3,(H,22,23). The maximum Gasteiger partial charge on any atom is 0.309 e. The summed E-state index contributed by atoms with van der Waals surface area (Å²) in [6, 6.07) is 11.0. The molecule has 1 N–H and O–H groups in total. The summed E-state index contributed by atoms with van der Waals surface area (Å²) in [7, 11) is 1.37. The Hall–Kier alpha value is -2.04. The number of rotatable bonds is 6. The molecule has 132 valence electrons. The Morgan fingerprint density at radius 2 is 1.76 bits per heavy atom. The second kappa shape index (κ2) is 8.88. The smallest absolute Gasteiger partial charge is 0.309 e. The van der Waals surface area contributed by atoms with Gasteiger partial charge in [0.2, 0.25) is 5.91 Å². The van der Waals surface area contributed by atoms with Gasteiger partial charge in [0, 0.05) is 22.7 Å². The molecule has 0 unspecified atom stereocenters. The molecule has 2 rings (SSSR count). The molecular weight excluding hydrogens is 361 g/mol. The van der Waals surface area contributed by atoms with Crippen LogP contribution in [0.5, 0.6) is 0 Å². The fraction of sp³-hybridized carbons (Fsp3) is 0.263. The molecule has 0 aromatic heterocycles. The molecule has 0 aliphatic rings. The summed E-state index contributed by atoms with van der Waals surface area (Å²) in [4.78, 5) is 23.0. The lowest BCUT2D eigenvalue weighted by Gasteiger charge is -2.14. The van der Waals surface area contributed by atoms with E-state index in [1.807, 2.05) is 24.3 Å². The molecule has 0 aliphatic heterocycles. The number of carbonyl (C=O) groups is 2. The highest BCUT2D eigenvalue weighted by molar-refractivity contribution is 6.35. The third kappa shape index (κ3) is 5.48. The van der Waals surface area contributed by atoms with Crippen molar-refractivity contribution in [2.75, 3.05) is 12.4 Å². The van der Waals surface area contributed by atoms with Crippen LogP contribution in [0.15, 0.2) is 36.4 Å². The molecule has 0 saturated carbocycles. The SMILES string of the molecule is COC(=O)Cc1ccccc1CCc1c(Cl)cc(Cl)cc1NC(C)=O. The van der Waals surface area contributed by atoms with Crippen molar-refractivity contribution >= 4 is 40.8 Å². The van der Waals surface area contributed by atoms with E-state index in [0.717, 1.165) is 16.7 Å². The van der Waals surface area contributed by atoms with Crippen LogP contribution in [0.4, 0.5) is 5.69 Å². The first-order valence-corrected chi connectivity index (χ1v) is 8.55. The van der Waals surface area contributed by atoms with Gasteiger partial charge in [0.1, 0.15) is 0 Å². The second-order valence-corrected chi connectivity index (χ2v) is 6.46. The molecule has 25 heavy (non-hydrogen) atoms. The van der Waals surface area contributed by atoms with Gasteiger partial charge in [-0.2, -0.15) is 0 Å². The van der Waals surface area contributed by atoms with E-state index < -0.39 is 0 Å². The van der Waals surface area contributed by atoms with Crippen molar-refractivity contribution < 1.29 is 14.3 Å². The summed E-state index contributed by atoms with van der Waals surface area (Å²) >= 11 is 12.4. The van der Waals surface area contributed by atoms with E-state index in [2.05, 4.69) is 5.32 Å². The van der Waals surface area contributed by atoms with E-state index >= 15 is 0 Å². The van der Waals surface area contributed by atoms with Crippen LogP contribution in [0.25, 0.3) is 0 Å². The van der Waals surface area contributed by atoms with Crippen LogP contribution in [0, 0.1) is 0 Å². The van der Waals surface area contributed by atoms with Crippen molar-refractivity contribution in [2.24, 2.45) is 0 Å². The van der Waals surface area contributed by atoms with Gasteiger partial charge >= 0.3 is 5.97 Å². The quantitative estimate of drug-likeness (QED) is 0.754. The minimum absolute atomic E-state index is 0.189. The molecule has 0 radical (unpaired) electrons. The van der Waals surface area contributed by atoms with E-state index in [1.165, 1.54) is 14.0 Å². The second-order valence-electron chi connectivity index (χ2n) is 5.62. The fourth-order valence-electron chi connectivity index (χ4n) is 2.62. The van der Waals surface area contributed by atoms with Crippen molar-refractivity contribution in [2.45, 2.75) is 26.2 Å². The Morgan fingerprint density at radius 1 is 1.08 bits per heavy atom. The van der Waals surface area contributed by atoms with E-state index in [-0.39, 0.29) is 18.3 Å². The van der Waals surface area contributed by atoms with Crippen LogP contribution in [-0.2, 0) is 33.6 Å². The van der Waals surface area contributed by atoms with Gasteiger partial charge < -0.3 is 10.1 Å². The minimum atomic E-state index is -0.282. The summed E-state index contributed by atoms with van der Waals surface area (Å²) in [5.74, 6) is -0.471. The Labute approximate surface area is 157 Å². The number of ether oxygens (including phenoxy) is 1. The first kappa shape index (κ1) is 19.3. The number of halogens is 2. The Bertz CT molecular complexity index is 790. The van der Waals surface area contributed by atoms with E-state index in [9.17, 15) is 9.59 Å². The molecule has 6 heteroatoms. The fourth-order valence-corrected chi connectivity index (χ4v) is 3.21. The number of nitrogens with one attached hydrogen (secondary N) is 1. The van der Waals surface area contributed by atoms with Gasteiger partial charge in [-0.3, -0.25) is 9.59 Å². The molecular formula is C19H19Cl2NO3. The molecule has 0 aliphatic carbocycles. The summed E-state index contributed by atoms with van der Waals surface area (Å²) in [5.41, 5.74) is 3.37. The number of benzene rings is 2. The normalized spacial score (nSPS) is 10.4. The molecule has 2 aromatic carbocycles. The Kier molecular flexibility index (Phi) is 6.85. The lowest BCUT2D eigenvalue weighted by atomic mass is 9.97. The Morgan fingerprint density at radius 3 is 2.40 bits per heavy atom. The van der Waals surface area contributed by atoms with Gasteiger partial charge in [0.15, 0.2) is 0 Å². The largest absolute Gasteiger partial charge is 0.469 e. The van der Waals surface area contributed by atoms with Gasteiger partial charge in [0.25, 0.3) is 0 Å². The summed E-state index contributed by atoms with van der Waals surface area (Å²) in [6.07, 6.45) is 1.49. The topological polar surface area (TPSA) is 55.4 Å². The molecule has 1 amide bonds. The highest BCUT2D eigenvalue weighted by atomic mass is 35.5. The van der Waals surface area contributed by atoms with Crippen molar-refractivity contribution in [1.82, 2.24) is 0 Å². The average molecular weight is 380 g/mol. The molecule has 0 atom stereocenters. The van der Waals surface area contributed by atoms with Crippen LogP contribution in [0.2, 0.25) is 10.0 Å². The lowest BCUT2D eigenvalue weighted by molar-refractivity contribution is -0.139. The van der Waals surface area contributed by atoms with E-state index in [4.69, 9.17) is 27.9 Å². The zero-order valence-corrected chi connectivity index (χ0v) is 15.6. The number of anilines is 1. The molecule has 0 spiro atoms. The summed E-state index contributed by atoms with van der Waals surface area (Å²) in [5, 5.41) is 3.73. The number of hydrogen-bond donors (Lipinski definition) is 1.